The number of anilines is 2. The van der Waals surface area contributed by atoms with E-state index in [2.05, 4.69) is 15.7 Å². The molecule has 3 atom stereocenters. The first-order valence-corrected chi connectivity index (χ1v) is 7.86. The molecule has 0 radical (unpaired) electrons. The van der Waals surface area contributed by atoms with Gasteiger partial charge in [-0.1, -0.05) is 6.42 Å². The topological polar surface area (TPSA) is 75.9 Å². The molecule has 2 bridgehead atoms. The van der Waals surface area contributed by atoms with Crippen LogP contribution in [0.5, 0.6) is 0 Å². The van der Waals surface area contributed by atoms with Crippen LogP contribution in [0.4, 0.5) is 11.6 Å². The van der Waals surface area contributed by atoms with Crippen LogP contribution in [-0.2, 0) is 0 Å². The van der Waals surface area contributed by atoms with Crippen LogP contribution in [0.15, 0.2) is 0 Å². The van der Waals surface area contributed by atoms with Crippen molar-refractivity contribution in [1.29, 1.82) is 0 Å². The highest BCUT2D eigenvalue weighted by atomic mass is 15.3. The zero-order chi connectivity index (χ0) is 13.7. The summed E-state index contributed by atoms with van der Waals surface area (Å²) in [6, 6.07) is 0.597. The molecule has 5 nitrogen and oxygen atoms in total. The lowest BCUT2D eigenvalue weighted by Gasteiger charge is -2.25. The summed E-state index contributed by atoms with van der Waals surface area (Å²) in [4.78, 5) is 9.32. The molecule has 1 heterocycles. The van der Waals surface area contributed by atoms with Crippen LogP contribution in [0.25, 0.3) is 0 Å². The van der Waals surface area contributed by atoms with E-state index in [0.29, 0.717) is 12.0 Å². The van der Waals surface area contributed by atoms with Gasteiger partial charge in [-0.3, -0.25) is 0 Å². The van der Waals surface area contributed by atoms with E-state index in [1.54, 1.807) is 0 Å². The zero-order valence-corrected chi connectivity index (χ0v) is 12.0. The summed E-state index contributed by atoms with van der Waals surface area (Å²) >= 11 is 0. The SMILES string of the molecule is Cc1c(NN)nc(C2CC2)nc1NC1CC2CCC1C2. The molecule has 0 amide bonds. The largest absolute Gasteiger partial charge is 0.367 e. The van der Waals surface area contributed by atoms with Crippen molar-refractivity contribution in [2.24, 2.45) is 17.7 Å². The Hall–Kier alpha value is -1.36. The van der Waals surface area contributed by atoms with Crippen LogP contribution < -0.4 is 16.6 Å². The predicted octanol–water partition coefficient (Wildman–Crippen LogP) is 2.55. The van der Waals surface area contributed by atoms with Crippen LogP contribution in [-0.4, -0.2) is 16.0 Å². The molecule has 1 aromatic heterocycles. The number of rotatable bonds is 4. The molecule has 1 aromatic rings. The van der Waals surface area contributed by atoms with Crippen molar-refractivity contribution in [1.82, 2.24) is 9.97 Å². The average molecular weight is 273 g/mol. The minimum Gasteiger partial charge on any atom is -0.367 e. The molecule has 3 aliphatic carbocycles. The van der Waals surface area contributed by atoms with E-state index in [-0.39, 0.29) is 0 Å². The Kier molecular flexibility index (Phi) is 2.84. The van der Waals surface area contributed by atoms with Gasteiger partial charge in [0.05, 0.1) is 0 Å². The van der Waals surface area contributed by atoms with E-state index in [9.17, 15) is 0 Å². The fourth-order valence-corrected chi connectivity index (χ4v) is 3.94. The van der Waals surface area contributed by atoms with Crippen molar-refractivity contribution in [3.05, 3.63) is 11.4 Å². The molecule has 3 unspecified atom stereocenters. The summed E-state index contributed by atoms with van der Waals surface area (Å²) in [7, 11) is 0. The second kappa shape index (κ2) is 4.58. The molecule has 4 rings (SSSR count). The normalized spacial score (nSPS) is 31.6. The van der Waals surface area contributed by atoms with Crippen molar-refractivity contribution in [2.75, 3.05) is 10.7 Å². The predicted molar refractivity (Wildman–Crippen MR) is 79.4 cm³/mol. The maximum Gasteiger partial charge on any atom is 0.148 e. The van der Waals surface area contributed by atoms with Gasteiger partial charge in [0.15, 0.2) is 0 Å². The molecule has 3 saturated carbocycles. The number of nitrogen functional groups attached to an aromatic ring is 1. The maximum atomic E-state index is 5.61. The number of hydrazine groups is 1. The summed E-state index contributed by atoms with van der Waals surface area (Å²) in [5.41, 5.74) is 3.77. The molecule has 20 heavy (non-hydrogen) atoms. The Bertz CT molecular complexity index is 525. The summed E-state index contributed by atoms with van der Waals surface area (Å²) in [5, 5.41) is 3.69. The van der Waals surface area contributed by atoms with Crippen molar-refractivity contribution >= 4 is 11.6 Å². The number of aromatic nitrogens is 2. The van der Waals surface area contributed by atoms with Crippen molar-refractivity contribution in [3.63, 3.8) is 0 Å². The third-order valence-corrected chi connectivity index (χ3v) is 5.30. The first-order valence-electron chi connectivity index (χ1n) is 7.86. The highest BCUT2D eigenvalue weighted by molar-refractivity contribution is 5.57. The number of fused-ring (bicyclic) bond motifs is 2. The molecule has 0 aliphatic heterocycles. The van der Waals surface area contributed by atoms with Gasteiger partial charge >= 0.3 is 0 Å². The first-order chi connectivity index (χ1) is 9.74. The molecule has 0 saturated heterocycles. The van der Waals surface area contributed by atoms with Crippen LogP contribution in [0, 0.1) is 18.8 Å². The Labute approximate surface area is 119 Å². The standard InChI is InChI=1S/C15H23N5/c1-8-13(17-12-7-9-2-3-11(12)6-9)18-15(10-4-5-10)19-14(8)20-16/h9-12H,2-7,16H2,1H3,(H2,17,18,19,20). The van der Waals surface area contributed by atoms with Gasteiger partial charge in [0.1, 0.15) is 17.5 Å². The van der Waals surface area contributed by atoms with Crippen molar-refractivity contribution in [2.45, 2.75) is 57.4 Å². The molecule has 3 fully saturated rings. The number of nitrogens with one attached hydrogen (secondary N) is 2. The average Bonchev–Trinajstić information content (AvgIpc) is 3.11. The van der Waals surface area contributed by atoms with Gasteiger partial charge < -0.3 is 10.7 Å². The Morgan fingerprint density at radius 3 is 2.45 bits per heavy atom. The molecular formula is C15H23N5. The first kappa shape index (κ1) is 12.4. The van der Waals surface area contributed by atoms with Gasteiger partial charge in [0.2, 0.25) is 0 Å². The lowest BCUT2D eigenvalue weighted by atomic mass is 9.95. The van der Waals surface area contributed by atoms with Gasteiger partial charge in [-0.05, 0) is 50.9 Å². The fourth-order valence-electron chi connectivity index (χ4n) is 3.94. The van der Waals surface area contributed by atoms with Gasteiger partial charge in [-0.15, -0.1) is 0 Å². The highest BCUT2D eigenvalue weighted by Gasteiger charge is 2.40. The van der Waals surface area contributed by atoms with Gasteiger partial charge in [0, 0.05) is 17.5 Å². The van der Waals surface area contributed by atoms with Gasteiger partial charge in [-0.2, -0.15) is 0 Å². The molecular weight excluding hydrogens is 250 g/mol. The molecule has 3 aliphatic rings. The third kappa shape index (κ3) is 2.04. The number of hydrogen-bond acceptors (Lipinski definition) is 5. The molecule has 5 heteroatoms. The third-order valence-electron chi connectivity index (χ3n) is 5.30. The number of nitrogens with two attached hydrogens (primary N) is 1. The molecule has 0 aromatic carbocycles. The monoisotopic (exact) mass is 273 g/mol. The summed E-state index contributed by atoms with van der Waals surface area (Å²) in [6.45, 7) is 2.04. The summed E-state index contributed by atoms with van der Waals surface area (Å²) < 4.78 is 0. The van der Waals surface area contributed by atoms with E-state index in [1.807, 2.05) is 6.92 Å². The summed E-state index contributed by atoms with van der Waals surface area (Å²) in [6.07, 6.45) is 7.93. The van der Waals surface area contributed by atoms with Crippen molar-refractivity contribution < 1.29 is 0 Å². The summed E-state index contributed by atoms with van der Waals surface area (Å²) in [5.74, 6) is 10.7. The van der Waals surface area contributed by atoms with Crippen LogP contribution in [0.1, 0.15) is 55.8 Å². The van der Waals surface area contributed by atoms with Crippen LogP contribution >= 0.6 is 0 Å². The smallest absolute Gasteiger partial charge is 0.148 e. The van der Waals surface area contributed by atoms with Crippen LogP contribution in [0.3, 0.4) is 0 Å². The lowest BCUT2D eigenvalue weighted by Crippen LogP contribution is -2.27. The van der Waals surface area contributed by atoms with Gasteiger partial charge in [0.25, 0.3) is 0 Å². The Morgan fingerprint density at radius 2 is 1.85 bits per heavy atom. The lowest BCUT2D eigenvalue weighted by molar-refractivity contribution is 0.438. The molecule has 0 spiro atoms. The maximum absolute atomic E-state index is 5.61. The second-order valence-corrected chi connectivity index (χ2v) is 6.75. The molecule has 4 N–H and O–H groups in total. The minimum absolute atomic E-state index is 0.545. The van der Waals surface area contributed by atoms with E-state index >= 15 is 0 Å². The van der Waals surface area contributed by atoms with E-state index in [1.165, 1.54) is 38.5 Å². The zero-order valence-electron chi connectivity index (χ0n) is 12.0. The Morgan fingerprint density at radius 1 is 1.05 bits per heavy atom. The van der Waals surface area contributed by atoms with Gasteiger partial charge in [-0.25, -0.2) is 15.8 Å². The minimum atomic E-state index is 0.545. The highest BCUT2D eigenvalue weighted by Crippen LogP contribution is 2.46. The van der Waals surface area contributed by atoms with E-state index in [0.717, 1.165) is 34.9 Å². The fraction of sp³-hybridized carbons (Fsp3) is 0.733. The molecule has 108 valence electrons. The second-order valence-electron chi connectivity index (χ2n) is 6.75. The quantitative estimate of drug-likeness (QED) is 0.580. The van der Waals surface area contributed by atoms with E-state index in [4.69, 9.17) is 10.8 Å². The Balaban J connectivity index is 1.61. The number of hydrogen-bond donors (Lipinski definition) is 3. The van der Waals surface area contributed by atoms with Crippen LogP contribution in [0.2, 0.25) is 0 Å². The number of nitrogens with zero attached hydrogens (tertiary/aromatic N) is 2. The van der Waals surface area contributed by atoms with E-state index < -0.39 is 0 Å². The van der Waals surface area contributed by atoms with Crippen molar-refractivity contribution in [3.8, 4) is 0 Å².